The molecular formula is C31H39N3O5. The molecule has 2 rings (SSSR count). The molecule has 8 heteroatoms. The summed E-state index contributed by atoms with van der Waals surface area (Å²) in [5.74, 6) is 3.64. The fraction of sp³-hybridized carbons (Fsp3) is 0.419. The molecule has 0 fully saturated rings. The largest absolute Gasteiger partial charge is 0.481 e. The van der Waals surface area contributed by atoms with Crippen LogP contribution < -0.4 is 5.32 Å². The maximum Gasteiger partial charge on any atom is 0.327 e. The molecule has 0 saturated carbocycles. The topological polar surface area (TPSA) is 107 Å². The molecule has 0 saturated heterocycles. The zero-order valence-electron chi connectivity index (χ0n) is 23.6. The standard InChI is InChI=1S/C31H39N3O5/c1-21(2)18-27(29(37)32-23(5)19-28(35)36)34(30(38)22(3)4)31(39)33(6)20-26-16-14-25(15-17-26)13-12-24-10-8-7-9-11-24/h7-11,14-17,21-23,27H,18-20H2,1-6H3,(H,32,37)(H,35,36)/t23-,27?/m1/s1. The van der Waals surface area contributed by atoms with Crippen molar-refractivity contribution >= 4 is 23.8 Å². The number of carboxylic acid groups (broad SMARTS) is 1. The highest BCUT2D eigenvalue weighted by molar-refractivity contribution is 6.00. The molecule has 0 radical (unpaired) electrons. The summed E-state index contributed by atoms with van der Waals surface area (Å²) in [4.78, 5) is 53.7. The average Bonchev–Trinajstić information content (AvgIpc) is 2.87. The van der Waals surface area contributed by atoms with E-state index in [-0.39, 0.29) is 25.3 Å². The molecule has 39 heavy (non-hydrogen) atoms. The van der Waals surface area contributed by atoms with E-state index in [2.05, 4.69) is 17.2 Å². The van der Waals surface area contributed by atoms with Crippen molar-refractivity contribution in [2.75, 3.05) is 7.05 Å². The number of carboxylic acids is 1. The molecule has 208 valence electrons. The number of hydrogen-bond donors (Lipinski definition) is 2. The predicted octanol–water partition coefficient (Wildman–Crippen LogP) is 4.52. The third kappa shape index (κ3) is 9.93. The first-order valence-electron chi connectivity index (χ1n) is 13.1. The summed E-state index contributed by atoms with van der Waals surface area (Å²) in [6.45, 7) is 8.95. The van der Waals surface area contributed by atoms with Gasteiger partial charge in [-0.15, -0.1) is 0 Å². The number of nitrogens with one attached hydrogen (secondary N) is 1. The van der Waals surface area contributed by atoms with Crippen LogP contribution in [0.3, 0.4) is 0 Å². The Bertz CT molecular complexity index is 1200. The third-order valence-electron chi connectivity index (χ3n) is 5.94. The van der Waals surface area contributed by atoms with Crippen LogP contribution in [0.4, 0.5) is 4.79 Å². The van der Waals surface area contributed by atoms with Gasteiger partial charge in [0, 0.05) is 36.7 Å². The van der Waals surface area contributed by atoms with E-state index in [0.29, 0.717) is 0 Å². The summed E-state index contributed by atoms with van der Waals surface area (Å²) in [6.07, 6.45) is -0.0176. The Balaban J connectivity index is 2.24. The van der Waals surface area contributed by atoms with Crippen LogP contribution in [0.2, 0.25) is 0 Å². The number of aliphatic carboxylic acids is 1. The number of carbonyl (C=O) groups is 4. The van der Waals surface area contributed by atoms with Gasteiger partial charge in [0.1, 0.15) is 6.04 Å². The number of nitrogens with zero attached hydrogens (tertiary/aromatic N) is 2. The van der Waals surface area contributed by atoms with Gasteiger partial charge in [0.15, 0.2) is 0 Å². The molecule has 8 nitrogen and oxygen atoms in total. The SMILES string of the molecule is CC(C)CC(C(=O)N[C@H](C)CC(=O)O)N(C(=O)C(C)C)C(=O)N(C)Cc1ccc(C#Cc2ccccc2)cc1. The van der Waals surface area contributed by atoms with Crippen LogP contribution >= 0.6 is 0 Å². The fourth-order valence-electron chi connectivity index (χ4n) is 3.97. The molecule has 4 amide bonds. The van der Waals surface area contributed by atoms with Crippen LogP contribution in [0.1, 0.15) is 64.2 Å². The molecule has 0 aliphatic rings. The summed E-state index contributed by atoms with van der Waals surface area (Å²) in [5.41, 5.74) is 2.59. The van der Waals surface area contributed by atoms with Crippen molar-refractivity contribution in [1.82, 2.24) is 15.1 Å². The Kier molecular flexibility index (Phi) is 11.7. The van der Waals surface area contributed by atoms with E-state index in [1.54, 1.807) is 27.8 Å². The van der Waals surface area contributed by atoms with Gasteiger partial charge in [-0.05, 0) is 49.1 Å². The van der Waals surface area contributed by atoms with Gasteiger partial charge in [-0.2, -0.15) is 0 Å². The Morgan fingerprint density at radius 1 is 0.872 bits per heavy atom. The number of amides is 4. The van der Waals surface area contributed by atoms with Crippen LogP contribution in [-0.4, -0.2) is 57.9 Å². The van der Waals surface area contributed by atoms with Gasteiger partial charge in [-0.1, -0.05) is 69.9 Å². The molecular weight excluding hydrogens is 494 g/mol. The molecule has 0 heterocycles. The van der Waals surface area contributed by atoms with Gasteiger partial charge in [0.25, 0.3) is 0 Å². The quantitative estimate of drug-likeness (QED) is 0.437. The Morgan fingerprint density at radius 3 is 1.95 bits per heavy atom. The fourth-order valence-corrected chi connectivity index (χ4v) is 3.97. The predicted molar refractivity (Wildman–Crippen MR) is 151 cm³/mol. The molecule has 2 N–H and O–H groups in total. The van der Waals surface area contributed by atoms with E-state index in [0.717, 1.165) is 21.6 Å². The lowest BCUT2D eigenvalue weighted by Crippen LogP contribution is -2.57. The molecule has 0 aliphatic heterocycles. The van der Waals surface area contributed by atoms with Crippen molar-refractivity contribution in [3.8, 4) is 11.8 Å². The van der Waals surface area contributed by atoms with E-state index < -0.39 is 41.8 Å². The normalized spacial score (nSPS) is 12.2. The third-order valence-corrected chi connectivity index (χ3v) is 5.94. The minimum absolute atomic E-state index is 0.000591. The summed E-state index contributed by atoms with van der Waals surface area (Å²) >= 11 is 0. The molecule has 2 atom stereocenters. The van der Waals surface area contributed by atoms with Crippen LogP contribution in [-0.2, 0) is 20.9 Å². The summed E-state index contributed by atoms with van der Waals surface area (Å²) in [7, 11) is 1.59. The first-order valence-corrected chi connectivity index (χ1v) is 13.1. The second-order valence-corrected chi connectivity index (χ2v) is 10.5. The molecule has 2 aromatic carbocycles. The van der Waals surface area contributed by atoms with E-state index in [4.69, 9.17) is 5.11 Å². The zero-order valence-corrected chi connectivity index (χ0v) is 23.6. The first kappa shape index (κ1) is 31.1. The second-order valence-electron chi connectivity index (χ2n) is 10.5. The Labute approximate surface area is 231 Å². The van der Waals surface area contributed by atoms with Gasteiger partial charge in [-0.25, -0.2) is 4.79 Å². The summed E-state index contributed by atoms with van der Waals surface area (Å²) in [5, 5.41) is 11.7. The highest BCUT2D eigenvalue weighted by Gasteiger charge is 2.38. The van der Waals surface area contributed by atoms with E-state index in [1.807, 2.05) is 68.4 Å². The van der Waals surface area contributed by atoms with E-state index in [9.17, 15) is 19.2 Å². The maximum atomic E-state index is 13.6. The lowest BCUT2D eigenvalue weighted by molar-refractivity contribution is -0.141. The highest BCUT2D eigenvalue weighted by Crippen LogP contribution is 2.19. The summed E-state index contributed by atoms with van der Waals surface area (Å²) in [6, 6.07) is 14.9. The minimum atomic E-state index is -1.07. The van der Waals surface area contributed by atoms with Crippen molar-refractivity contribution in [2.45, 2.75) is 66.1 Å². The van der Waals surface area contributed by atoms with E-state index in [1.165, 1.54) is 4.90 Å². The maximum absolute atomic E-state index is 13.6. The Hall–Kier alpha value is -4.12. The van der Waals surface area contributed by atoms with Crippen LogP contribution in [0.15, 0.2) is 54.6 Å². The van der Waals surface area contributed by atoms with Crippen molar-refractivity contribution < 1.29 is 24.3 Å². The number of carbonyl (C=O) groups excluding carboxylic acids is 3. The van der Waals surface area contributed by atoms with Crippen LogP contribution in [0, 0.1) is 23.7 Å². The highest BCUT2D eigenvalue weighted by atomic mass is 16.4. The Morgan fingerprint density at radius 2 is 1.44 bits per heavy atom. The van der Waals surface area contributed by atoms with Gasteiger partial charge in [0.2, 0.25) is 11.8 Å². The van der Waals surface area contributed by atoms with Crippen molar-refractivity contribution in [3.05, 3.63) is 71.3 Å². The number of imide groups is 1. The number of urea groups is 1. The lowest BCUT2D eigenvalue weighted by Gasteiger charge is -2.35. The first-order chi connectivity index (χ1) is 18.4. The van der Waals surface area contributed by atoms with Crippen LogP contribution in [0.25, 0.3) is 0 Å². The molecule has 0 spiro atoms. The summed E-state index contributed by atoms with van der Waals surface area (Å²) < 4.78 is 0. The molecule has 0 aromatic heterocycles. The number of benzene rings is 2. The van der Waals surface area contributed by atoms with Gasteiger partial charge < -0.3 is 15.3 Å². The lowest BCUT2D eigenvalue weighted by atomic mass is 9.99. The monoisotopic (exact) mass is 533 g/mol. The average molecular weight is 534 g/mol. The van der Waals surface area contributed by atoms with Gasteiger partial charge in [-0.3, -0.25) is 19.3 Å². The van der Waals surface area contributed by atoms with Gasteiger partial charge in [0.05, 0.1) is 6.42 Å². The van der Waals surface area contributed by atoms with Crippen molar-refractivity contribution in [1.29, 1.82) is 0 Å². The van der Waals surface area contributed by atoms with Crippen molar-refractivity contribution in [3.63, 3.8) is 0 Å². The molecule has 1 unspecified atom stereocenters. The number of rotatable bonds is 10. The zero-order chi connectivity index (χ0) is 29.1. The molecule has 0 aliphatic carbocycles. The molecule has 0 bridgehead atoms. The van der Waals surface area contributed by atoms with Crippen LogP contribution in [0.5, 0.6) is 0 Å². The number of hydrogen-bond acceptors (Lipinski definition) is 4. The smallest absolute Gasteiger partial charge is 0.327 e. The van der Waals surface area contributed by atoms with Crippen molar-refractivity contribution in [2.24, 2.45) is 11.8 Å². The van der Waals surface area contributed by atoms with Gasteiger partial charge >= 0.3 is 12.0 Å². The minimum Gasteiger partial charge on any atom is -0.481 e. The van der Waals surface area contributed by atoms with E-state index >= 15 is 0 Å². The molecule has 2 aromatic rings. The second kappa shape index (κ2) is 14.7.